The monoisotopic (exact) mass is 466 g/mol. The van der Waals surface area contributed by atoms with E-state index in [1.165, 1.54) is 12.1 Å². The van der Waals surface area contributed by atoms with Crippen LogP contribution in [0.5, 0.6) is 0 Å². The third kappa shape index (κ3) is 3.86. The number of nitrogens with two attached hydrogens (primary N) is 1. The average molecular weight is 467 g/mol. The molecule has 0 atom stereocenters. The molecule has 5 aromatic rings. The Kier molecular flexibility index (Phi) is 4.95. The van der Waals surface area contributed by atoms with Crippen molar-refractivity contribution in [2.45, 2.75) is 19.8 Å². The zero-order valence-corrected chi connectivity index (χ0v) is 19.1. The largest absolute Gasteiger partial charge is 0.381 e. The number of nitrogen functional groups attached to an aromatic ring is 1. The average Bonchev–Trinajstić information content (AvgIpc) is 3.58. The Morgan fingerprint density at radius 1 is 1.11 bits per heavy atom. The predicted molar refractivity (Wildman–Crippen MR) is 133 cm³/mol. The number of carbonyl (C=O) groups is 1. The fraction of sp³-hybridized carbons (Fsp3) is 0.185. The first-order valence-corrected chi connectivity index (χ1v) is 11.6. The van der Waals surface area contributed by atoms with Crippen LogP contribution in [0.25, 0.3) is 39.1 Å². The second-order valence-corrected chi connectivity index (χ2v) is 9.03. The van der Waals surface area contributed by atoms with E-state index >= 15 is 0 Å². The fourth-order valence-corrected chi connectivity index (χ4v) is 4.34. The highest BCUT2D eigenvalue weighted by atomic mass is 19.1. The van der Waals surface area contributed by atoms with Gasteiger partial charge in [-0.25, -0.2) is 14.4 Å². The number of fused-ring (bicyclic) bond motifs is 2. The molecule has 6 rings (SSSR count). The number of nitrogens with one attached hydrogen (secondary N) is 1. The van der Waals surface area contributed by atoms with E-state index in [0.29, 0.717) is 35.1 Å². The molecule has 3 N–H and O–H groups in total. The number of aromatic nitrogens is 4. The van der Waals surface area contributed by atoms with E-state index in [-0.39, 0.29) is 23.2 Å². The van der Waals surface area contributed by atoms with Crippen molar-refractivity contribution in [3.63, 3.8) is 0 Å². The number of carbonyl (C=O) groups excluding carboxylic acids is 1. The van der Waals surface area contributed by atoms with Gasteiger partial charge in [-0.3, -0.25) is 14.2 Å². The van der Waals surface area contributed by atoms with Gasteiger partial charge in [0.2, 0.25) is 0 Å². The molecule has 8 heteroatoms. The number of rotatable bonds is 5. The van der Waals surface area contributed by atoms with E-state index in [1.807, 2.05) is 31.2 Å². The van der Waals surface area contributed by atoms with Crippen LogP contribution in [0, 0.1) is 18.7 Å². The highest BCUT2D eigenvalue weighted by Gasteiger charge is 2.24. The number of hydrogen-bond donors (Lipinski definition) is 2. The summed E-state index contributed by atoms with van der Waals surface area (Å²) in [5, 5.41) is 3.96. The smallest absolute Gasteiger partial charge is 0.271 e. The van der Waals surface area contributed by atoms with Crippen LogP contribution in [0.15, 0.2) is 60.9 Å². The number of amides is 1. The van der Waals surface area contributed by atoms with Crippen molar-refractivity contribution in [2.24, 2.45) is 5.92 Å². The molecule has 1 aliphatic carbocycles. The first kappa shape index (κ1) is 21.2. The van der Waals surface area contributed by atoms with Gasteiger partial charge in [0, 0.05) is 35.5 Å². The normalized spacial score (nSPS) is 13.4. The highest BCUT2D eigenvalue weighted by Crippen LogP contribution is 2.35. The third-order valence-electron chi connectivity index (χ3n) is 6.46. The first-order chi connectivity index (χ1) is 17.0. The molecule has 3 heterocycles. The summed E-state index contributed by atoms with van der Waals surface area (Å²) in [6, 6.07) is 14.0. The molecule has 0 spiro atoms. The number of anilines is 1. The SMILES string of the molecule is Cc1ccnc2ccc(-c3c(-c4ccc(F)cc4)nc(N)c4nc(C(=O)NCC5CC5)cn34)cc12. The molecule has 0 bridgehead atoms. The number of halogens is 1. The zero-order chi connectivity index (χ0) is 24.1. The maximum Gasteiger partial charge on any atom is 0.271 e. The minimum atomic E-state index is -0.339. The Morgan fingerprint density at radius 3 is 2.66 bits per heavy atom. The Labute approximate surface area is 200 Å². The van der Waals surface area contributed by atoms with Gasteiger partial charge < -0.3 is 11.1 Å². The van der Waals surface area contributed by atoms with Crippen molar-refractivity contribution in [1.82, 2.24) is 24.7 Å². The van der Waals surface area contributed by atoms with Gasteiger partial charge in [-0.2, -0.15) is 0 Å². The summed E-state index contributed by atoms with van der Waals surface area (Å²) in [4.78, 5) is 26.5. The van der Waals surface area contributed by atoms with Gasteiger partial charge in [0.25, 0.3) is 5.91 Å². The molecule has 1 aliphatic rings. The van der Waals surface area contributed by atoms with Gasteiger partial charge >= 0.3 is 0 Å². The van der Waals surface area contributed by atoms with E-state index < -0.39 is 0 Å². The molecule has 0 unspecified atom stereocenters. The lowest BCUT2D eigenvalue weighted by Crippen LogP contribution is -2.25. The molecule has 1 saturated carbocycles. The van der Waals surface area contributed by atoms with Crippen LogP contribution in [-0.4, -0.2) is 31.8 Å². The van der Waals surface area contributed by atoms with Gasteiger partial charge in [0.05, 0.1) is 16.9 Å². The van der Waals surface area contributed by atoms with Crippen LogP contribution in [0.4, 0.5) is 10.2 Å². The molecule has 0 aliphatic heterocycles. The fourth-order valence-electron chi connectivity index (χ4n) is 4.34. The highest BCUT2D eigenvalue weighted by molar-refractivity contribution is 5.95. The van der Waals surface area contributed by atoms with E-state index in [9.17, 15) is 9.18 Å². The Morgan fingerprint density at radius 2 is 1.89 bits per heavy atom. The lowest BCUT2D eigenvalue weighted by Gasteiger charge is -2.14. The van der Waals surface area contributed by atoms with Crippen molar-refractivity contribution in [3.05, 3.63) is 78.0 Å². The molecule has 2 aromatic carbocycles. The Balaban J connectivity index is 1.58. The van der Waals surface area contributed by atoms with Gasteiger partial charge in [-0.15, -0.1) is 0 Å². The summed E-state index contributed by atoms with van der Waals surface area (Å²) in [7, 11) is 0. The number of hydrogen-bond acceptors (Lipinski definition) is 5. The maximum absolute atomic E-state index is 13.7. The maximum atomic E-state index is 13.7. The minimum Gasteiger partial charge on any atom is -0.381 e. The number of nitrogens with zero attached hydrogens (tertiary/aromatic N) is 4. The molecule has 0 saturated heterocycles. The van der Waals surface area contributed by atoms with E-state index in [0.717, 1.165) is 34.9 Å². The van der Waals surface area contributed by atoms with Crippen LogP contribution in [-0.2, 0) is 0 Å². The van der Waals surface area contributed by atoms with Crippen LogP contribution in [0.2, 0.25) is 0 Å². The van der Waals surface area contributed by atoms with Crippen molar-refractivity contribution in [2.75, 3.05) is 12.3 Å². The van der Waals surface area contributed by atoms with Crippen LogP contribution in [0.3, 0.4) is 0 Å². The van der Waals surface area contributed by atoms with Crippen molar-refractivity contribution in [1.29, 1.82) is 0 Å². The molecular weight excluding hydrogens is 443 g/mol. The first-order valence-electron chi connectivity index (χ1n) is 11.6. The second-order valence-electron chi connectivity index (χ2n) is 9.03. The van der Waals surface area contributed by atoms with Gasteiger partial charge in [-0.05, 0) is 73.7 Å². The van der Waals surface area contributed by atoms with Crippen molar-refractivity contribution < 1.29 is 9.18 Å². The molecule has 0 radical (unpaired) electrons. The predicted octanol–water partition coefficient (Wildman–Crippen LogP) is 4.78. The topological polar surface area (TPSA) is 98.2 Å². The van der Waals surface area contributed by atoms with E-state index in [4.69, 9.17) is 5.73 Å². The van der Waals surface area contributed by atoms with Crippen molar-refractivity contribution >= 4 is 28.3 Å². The lowest BCUT2D eigenvalue weighted by molar-refractivity contribution is 0.0947. The van der Waals surface area contributed by atoms with E-state index in [1.54, 1.807) is 28.9 Å². The molecule has 7 nitrogen and oxygen atoms in total. The molecule has 3 aromatic heterocycles. The number of aryl methyl sites for hydroxylation is 1. The minimum absolute atomic E-state index is 0.188. The second kappa shape index (κ2) is 8.16. The van der Waals surface area contributed by atoms with Crippen LogP contribution in [0.1, 0.15) is 28.9 Å². The molecular formula is C27H23FN6O. The van der Waals surface area contributed by atoms with Crippen LogP contribution >= 0.6 is 0 Å². The van der Waals surface area contributed by atoms with Gasteiger partial charge in [0.15, 0.2) is 11.5 Å². The summed E-state index contributed by atoms with van der Waals surface area (Å²) in [6.45, 7) is 2.68. The number of benzene rings is 2. The summed E-state index contributed by atoms with van der Waals surface area (Å²) >= 11 is 0. The van der Waals surface area contributed by atoms with Crippen molar-refractivity contribution in [3.8, 4) is 22.5 Å². The van der Waals surface area contributed by atoms with Crippen LogP contribution < -0.4 is 11.1 Å². The molecule has 35 heavy (non-hydrogen) atoms. The summed E-state index contributed by atoms with van der Waals surface area (Å²) in [5.41, 5.74) is 11.8. The Bertz CT molecular complexity index is 1600. The summed E-state index contributed by atoms with van der Waals surface area (Å²) in [5.74, 6) is 0.160. The quantitative estimate of drug-likeness (QED) is 0.388. The Hall–Kier alpha value is -4.33. The molecule has 1 amide bonds. The van der Waals surface area contributed by atoms with Gasteiger partial charge in [-0.1, -0.05) is 6.07 Å². The standard InChI is InChI=1S/C27H23FN6O/c1-15-10-11-30-21-9-6-18(12-20(15)21)24-23(17-4-7-19(28)8-5-17)33-25(29)26-32-22(14-34(24)26)27(35)31-13-16-2-3-16/h4-12,14,16H,2-3,13H2,1H3,(H2,29,33)(H,31,35). The number of imidazole rings is 1. The number of pyridine rings is 1. The van der Waals surface area contributed by atoms with Gasteiger partial charge in [0.1, 0.15) is 11.5 Å². The third-order valence-corrected chi connectivity index (χ3v) is 6.46. The lowest BCUT2D eigenvalue weighted by atomic mass is 10.0. The summed E-state index contributed by atoms with van der Waals surface area (Å²) < 4.78 is 15.5. The molecule has 1 fully saturated rings. The molecule has 174 valence electrons. The van der Waals surface area contributed by atoms with E-state index in [2.05, 4.69) is 20.3 Å². The summed E-state index contributed by atoms with van der Waals surface area (Å²) in [6.07, 6.45) is 5.76. The zero-order valence-electron chi connectivity index (χ0n) is 19.1.